The number of nitro benzene ring substituents is 1. The number of nitrogens with zero attached hydrogens (tertiary/aromatic N) is 2. The molecule has 0 bridgehead atoms. The molecule has 1 N–H and O–H groups in total. The number of sulfone groups is 1. The van der Waals surface area contributed by atoms with Crippen LogP contribution in [-0.2, 0) is 9.84 Å². The lowest BCUT2D eigenvalue weighted by atomic mass is 10.0. The average Bonchev–Trinajstić information content (AvgIpc) is 2.58. The van der Waals surface area contributed by atoms with Gasteiger partial charge in [-0.1, -0.05) is 6.92 Å². The van der Waals surface area contributed by atoms with Gasteiger partial charge >= 0.3 is 0 Å². The lowest BCUT2D eigenvalue weighted by Gasteiger charge is -2.34. The Labute approximate surface area is 159 Å². The number of nitro groups is 1. The molecule has 0 saturated carbocycles. The van der Waals surface area contributed by atoms with Crippen LogP contribution in [0.5, 0.6) is 0 Å². The molecule has 2 rings (SSSR count). The number of piperidine rings is 1. The fourth-order valence-electron chi connectivity index (χ4n) is 3.00. The molecule has 0 atom stereocenters. The molecule has 0 unspecified atom stereocenters. The van der Waals surface area contributed by atoms with E-state index in [0.717, 1.165) is 50.7 Å². The van der Waals surface area contributed by atoms with Crippen molar-refractivity contribution in [3.05, 3.63) is 33.9 Å². The van der Waals surface area contributed by atoms with Gasteiger partial charge < -0.3 is 10.2 Å². The molecular weight excluding hydrogens is 382 g/mol. The van der Waals surface area contributed by atoms with Crippen molar-refractivity contribution in [3.8, 4) is 0 Å². The minimum atomic E-state index is -3.66. The molecular formula is C16H24ClN3O5S. The third-order valence-corrected chi connectivity index (χ3v) is 5.34. The second-order valence-electron chi connectivity index (χ2n) is 6.22. The van der Waals surface area contributed by atoms with Gasteiger partial charge in [-0.2, -0.15) is 0 Å². The zero-order chi connectivity index (χ0) is 18.6. The Morgan fingerprint density at radius 1 is 1.31 bits per heavy atom. The molecule has 146 valence electrons. The third-order valence-electron chi connectivity index (χ3n) is 4.25. The second kappa shape index (κ2) is 9.29. The van der Waals surface area contributed by atoms with E-state index in [-0.39, 0.29) is 34.8 Å². The van der Waals surface area contributed by atoms with Crippen LogP contribution in [0.4, 0.5) is 5.69 Å². The Morgan fingerprint density at radius 3 is 2.42 bits per heavy atom. The topological polar surface area (TPSA) is 110 Å². The zero-order valence-electron chi connectivity index (χ0n) is 14.8. The summed E-state index contributed by atoms with van der Waals surface area (Å²) in [6.45, 7) is 4.10. The van der Waals surface area contributed by atoms with Crippen molar-refractivity contribution in [2.45, 2.75) is 37.1 Å². The van der Waals surface area contributed by atoms with Crippen molar-refractivity contribution < 1.29 is 18.1 Å². The summed E-state index contributed by atoms with van der Waals surface area (Å²) in [6, 6.07) is 3.42. The maximum absolute atomic E-state index is 13.0. The lowest BCUT2D eigenvalue weighted by Crippen LogP contribution is -2.46. The summed E-state index contributed by atoms with van der Waals surface area (Å²) in [4.78, 5) is 24.9. The van der Waals surface area contributed by atoms with E-state index in [1.807, 2.05) is 6.92 Å². The number of hydrogen-bond acceptors (Lipinski definition) is 6. The molecule has 1 heterocycles. The van der Waals surface area contributed by atoms with E-state index in [1.165, 1.54) is 6.07 Å². The van der Waals surface area contributed by atoms with Gasteiger partial charge in [0, 0.05) is 36.5 Å². The molecule has 0 aliphatic carbocycles. The van der Waals surface area contributed by atoms with Crippen molar-refractivity contribution in [3.63, 3.8) is 0 Å². The van der Waals surface area contributed by atoms with Gasteiger partial charge in [-0.25, -0.2) is 8.42 Å². The number of nitrogens with one attached hydrogen (secondary N) is 1. The first-order valence-electron chi connectivity index (χ1n) is 8.25. The van der Waals surface area contributed by atoms with Crippen molar-refractivity contribution in [2.24, 2.45) is 0 Å². The molecule has 1 aromatic rings. The van der Waals surface area contributed by atoms with Crippen LogP contribution >= 0.6 is 12.4 Å². The standard InChI is InChI=1S/C16H23N3O5S.ClH/c1-3-8-18(13-4-6-17-7-5-13)16(20)12-9-14(19(21)22)11-15(10-12)25(2,23)24;/h9-11,13,17H,3-8H2,1-2H3;1H. The van der Waals surface area contributed by atoms with Crippen LogP contribution in [0, 0.1) is 10.1 Å². The fourth-order valence-corrected chi connectivity index (χ4v) is 3.68. The number of benzene rings is 1. The number of amides is 1. The van der Waals surface area contributed by atoms with Crippen LogP contribution in [0.3, 0.4) is 0 Å². The minimum absolute atomic E-state index is 0. The smallest absolute Gasteiger partial charge is 0.271 e. The summed E-state index contributed by atoms with van der Waals surface area (Å²) in [5.74, 6) is -0.359. The van der Waals surface area contributed by atoms with Crippen LogP contribution in [0.15, 0.2) is 23.1 Å². The molecule has 1 fully saturated rings. The Balaban J connectivity index is 0.00000338. The van der Waals surface area contributed by atoms with Crippen molar-refractivity contribution >= 4 is 33.8 Å². The highest BCUT2D eigenvalue weighted by molar-refractivity contribution is 7.90. The van der Waals surface area contributed by atoms with E-state index in [9.17, 15) is 23.3 Å². The predicted molar refractivity (Wildman–Crippen MR) is 101 cm³/mol. The molecule has 0 radical (unpaired) electrons. The number of hydrogen-bond donors (Lipinski definition) is 1. The quantitative estimate of drug-likeness (QED) is 0.572. The summed E-state index contributed by atoms with van der Waals surface area (Å²) in [7, 11) is -3.66. The molecule has 8 nitrogen and oxygen atoms in total. The van der Waals surface area contributed by atoms with E-state index in [0.29, 0.717) is 6.54 Å². The number of carbonyl (C=O) groups is 1. The van der Waals surface area contributed by atoms with Gasteiger partial charge in [0.05, 0.1) is 9.82 Å². The maximum atomic E-state index is 13.0. The van der Waals surface area contributed by atoms with Gasteiger partial charge in [-0.15, -0.1) is 12.4 Å². The second-order valence-corrected chi connectivity index (χ2v) is 8.24. The molecule has 0 spiro atoms. The molecule has 1 amide bonds. The van der Waals surface area contributed by atoms with Crippen LogP contribution < -0.4 is 5.32 Å². The van der Waals surface area contributed by atoms with Gasteiger partial charge in [0.15, 0.2) is 9.84 Å². The van der Waals surface area contributed by atoms with Gasteiger partial charge in [0.25, 0.3) is 11.6 Å². The average molecular weight is 406 g/mol. The highest BCUT2D eigenvalue weighted by atomic mass is 35.5. The predicted octanol–water partition coefficient (Wildman–Crippen LogP) is 2.02. The lowest BCUT2D eigenvalue weighted by molar-refractivity contribution is -0.385. The highest BCUT2D eigenvalue weighted by Gasteiger charge is 2.27. The van der Waals surface area contributed by atoms with Gasteiger partial charge in [-0.3, -0.25) is 14.9 Å². The molecule has 1 aliphatic rings. The Hall–Kier alpha value is -1.71. The SMILES string of the molecule is CCCN(C(=O)c1cc([N+](=O)[O-])cc(S(C)(=O)=O)c1)C1CCNCC1.Cl. The van der Waals surface area contributed by atoms with Crippen LogP contribution in [0.25, 0.3) is 0 Å². The summed E-state index contributed by atoms with van der Waals surface area (Å²) >= 11 is 0. The molecule has 1 aliphatic heterocycles. The highest BCUT2D eigenvalue weighted by Crippen LogP contribution is 2.24. The minimum Gasteiger partial charge on any atom is -0.336 e. The van der Waals surface area contributed by atoms with E-state index >= 15 is 0 Å². The van der Waals surface area contributed by atoms with E-state index in [1.54, 1.807) is 4.90 Å². The summed E-state index contributed by atoms with van der Waals surface area (Å²) < 4.78 is 23.6. The number of rotatable bonds is 6. The number of halogens is 1. The monoisotopic (exact) mass is 405 g/mol. The molecule has 26 heavy (non-hydrogen) atoms. The van der Waals surface area contributed by atoms with Gasteiger partial charge in [0.2, 0.25) is 0 Å². The first kappa shape index (κ1) is 22.3. The number of carbonyl (C=O) groups excluding carboxylic acids is 1. The summed E-state index contributed by atoms with van der Waals surface area (Å²) in [5, 5.41) is 14.4. The Bertz CT molecular complexity index is 763. The molecule has 1 aromatic carbocycles. The van der Waals surface area contributed by atoms with Crippen molar-refractivity contribution in [1.29, 1.82) is 0 Å². The van der Waals surface area contributed by atoms with E-state index in [2.05, 4.69) is 5.32 Å². The molecule has 1 saturated heterocycles. The Kier molecular flexibility index (Phi) is 7.98. The number of non-ortho nitro benzene ring substituents is 1. The molecule has 10 heteroatoms. The summed E-state index contributed by atoms with van der Waals surface area (Å²) in [6.07, 6.45) is 3.33. The Morgan fingerprint density at radius 2 is 1.92 bits per heavy atom. The van der Waals surface area contributed by atoms with Crippen molar-refractivity contribution in [2.75, 3.05) is 25.9 Å². The first-order chi connectivity index (χ1) is 11.7. The summed E-state index contributed by atoms with van der Waals surface area (Å²) in [5.41, 5.74) is -0.352. The van der Waals surface area contributed by atoms with Gasteiger partial charge in [0.1, 0.15) is 0 Å². The largest absolute Gasteiger partial charge is 0.336 e. The van der Waals surface area contributed by atoms with Gasteiger partial charge in [-0.05, 0) is 38.4 Å². The van der Waals surface area contributed by atoms with Crippen LogP contribution in [0.2, 0.25) is 0 Å². The van der Waals surface area contributed by atoms with Crippen molar-refractivity contribution in [1.82, 2.24) is 10.2 Å². The zero-order valence-corrected chi connectivity index (χ0v) is 16.4. The molecule has 0 aromatic heterocycles. The maximum Gasteiger partial charge on any atom is 0.271 e. The normalized spacial score (nSPS) is 15.2. The van der Waals surface area contributed by atoms with Crippen LogP contribution in [0.1, 0.15) is 36.5 Å². The third kappa shape index (κ3) is 5.39. The first-order valence-corrected chi connectivity index (χ1v) is 10.1. The fraction of sp³-hybridized carbons (Fsp3) is 0.562. The van der Waals surface area contributed by atoms with E-state index < -0.39 is 20.4 Å². The van der Waals surface area contributed by atoms with E-state index in [4.69, 9.17) is 0 Å². The van der Waals surface area contributed by atoms with Crippen LogP contribution in [-0.4, -0.2) is 56.1 Å².